The molecule has 0 bridgehead atoms. The second-order valence-corrected chi connectivity index (χ2v) is 7.02. The number of nitrogens with one attached hydrogen (secondary N) is 2. The Morgan fingerprint density at radius 3 is 2.26 bits per heavy atom. The molecule has 150 valence electrons. The Balaban J connectivity index is 1.70. The zero-order valence-corrected chi connectivity index (χ0v) is 17.2. The number of benzene rings is 1. The summed E-state index contributed by atoms with van der Waals surface area (Å²) in [5.41, 5.74) is 1.82. The van der Waals surface area contributed by atoms with Gasteiger partial charge in [0.05, 0.1) is 0 Å². The summed E-state index contributed by atoms with van der Waals surface area (Å²) in [6.45, 7) is 10.5. The Labute approximate surface area is 163 Å². The number of guanidine groups is 1. The van der Waals surface area contributed by atoms with Gasteiger partial charge in [-0.15, -0.1) is 0 Å². The summed E-state index contributed by atoms with van der Waals surface area (Å²) in [6, 6.07) is 7.69. The van der Waals surface area contributed by atoms with Crippen LogP contribution < -0.4 is 10.6 Å². The number of rotatable bonds is 7. The van der Waals surface area contributed by atoms with Crippen molar-refractivity contribution < 1.29 is 4.79 Å². The molecule has 1 fully saturated rings. The van der Waals surface area contributed by atoms with E-state index in [1.165, 1.54) is 0 Å². The lowest BCUT2D eigenvalue weighted by atomic mass is 10.1. The molecular weight excluding hydrogens is 340 g/mol. The molecule has 0 unspecified atom stereocenters. The number of aliphatic imine (C=N–C) groups is 1. The Hall–Kier alpha value is -2.12. The minimum Gasteiger partial charge on any atom is -0.355 e. The van der Waals surface area contributed by atoms with E-state index in [9.17, 15) is 4.79 Å². The highest BCUT2D eigenvalue weighted by Gasteiger charge is 2.14. The molecule has 1 aromatic carbocycles. The molecule has 27 heavy (non-hydrogen) atoms. The number of hydrogen-bond acceptors (Lipinski definition) is 4. The van der Waals surface area contributed by atoms with E-state index < -0.39 is 0 Å². The number of nitrogens with zero attached hydrogens (tertiary/aromatic N) is 4. The van der Waals surface area contributed by atoms with E-state index in [2.05, 4.69) is 32.3 Å². The topological polar surface area (TPSA) is 63.2 Å². The standard InChI is InChI=1S/C20H34N6O/c1-5-25-12-14-26(15-13-25)11-10-22-20(21-2)23-16-17-6-8-18(9-7-17)19(27)24(3)4/h6-9H,5,10-16H2,1-4H3,(H2,21,22,23). The van der Waals surface area contributed by atoms with Crippen molar-refractivity contribution in [3.05, 3.63) is 35.4 Å². The number of carbonyl (C=O) groups is 1. The van der Waals surface area contributed by atoms with E-state index in [1.807, 2.05) is 24.3 Å². The van der Waals surface area contributed by atoms with Crippen LogP contribution in [-0.2, 0) is 6.54 Å². The van der Waals surface area contributed by atoms with Crippen LogP contribution in [0.25, 0.3) is 0 Å². The van der Waals surface area contributed by atoms with E-state index >= 15 is 0 Å². The molecule has 7 nitrogen and oxygen atoms in total. The average molecular weight is 375 g/mol. The summed E-state index contributed by atoms with van der Waals surface area (Å²) in [6.07, 6.45) is 0. The highest BCUT2D eigenvalue weighted by molar-refractivity contribution is 5.93. The SMILES string of the molecule is CCN1CCN(CCNC(=NC)NCc2ccc(C(=O)N(C)C)cc2)CC1. The van der Waals surface area contributed by atoms with E-state index in [0.29, 0.717) is 12.1 Å². The van der Waals surface area contributed by atoms with Crippen LogP contribution in [0.1, 0.15) is 22.8 Å². The maximum Gasteiger partial charge on any atom is 0.253 e. The first kappa shape index (κ1) is 21.2. The summed E-state index contributed by atoms with van der Waals surface area (Å²) in [4.78, 5) is 22.8. The number of carbonyl (C=O) groups excluding carboxylic acids is 1. The number of hydrogen-bond donors (Lipinski definition) is 2. The third-order valence-corrected chi connectivity index (χ3v) is 4.92. The van der Waals surface area contributed by atoms with Gasteiger partial charge in [-0.25, -0.2) is 0 Å². The minimum absolute atomic E-state index is 0.0201. The Bertz CT molecular complexity index is 605. The fraction of sp³-hybridized carbons (Fsp3) is 0.600. The Kier molecular flexibility index (Phi) is 8.54. The summed E-state index contributed by atoms with van der Waals surface area (Å²) in [7, 11) is 5.31. The van der Waals surface area contributed by atoms with Crippen molar-refractivity contribution in [3.63, 3.8) is 0 Å². The molecule has 2 N–H and O–H groups in total. The van der Waals surface area contributed by atoms with Gasteiger partial charge in [0.1, 0.15) is 0 Å². The highest BCUT2D eigenvalue weighted by atomic mass is 16.2. The molecule has 1 aliphatic heterocycles. The summed E-state index contributed by atoms with van der Waals surface area (Å²) in [5.74, 6) is 0.822. The molecule has 1 aromatic rings. The van der Waals surface area contributed by atoms with Crippen molar-refractivity contribution in [2.75, 3.05) is 67.0 Å². The second kappa shape index (κ2) is 10.9. The molecule has 2 rings (SSSR count). The van der Waals surface area contributed by atoms with Gasteiger partial charge in [0, 0.05) is 72.5 Å². The van der Waals surface area contributed by atoms with Gasteiger partial charge in [0.2, 0.25) is 0 Å². The summed E-state index contributed by atoms with van der Waals surface area (Å²) >= 11 is 0. The molecule has 1 saturated heterocycles. The van der Waals surface area contributed by atoms with Crippen LogP contribution in [0.15, 0.2) is 29.3 Å². The zero-order chi connectivity index (χ0) is 19.6. The fourth-order valence-electron chi connectivity index (χ4n) is 3.09. The Morgan fingerprint density at radius 2 is 1.70 bits per heavy atom. The van der Waals surface area contributed by atoms with Crippen molar-refractivity contribution in [2.45, 2.75) is 13.5 Å². The van der Waals surface area contributed by atoms with Crippen LogP contribution in [0.4, 0.5) is 0 Å². The van der Waals surface area contributed by atoms with Gasteiger partial charge in [0.15, 0.2) is 5.96 Å². The van der Waals surface area contributed by atoms with E-state index in [4.69, 9.17) is 0 Å². The van der Waals surface area contributed by atoms with Gasteiger partial charge in [-0.2, -0.15) is 0 Å². The molecule has 1 amide bonds. The molecule has 0 spiro atoms. The molecule has 7 heteroatoms. The number of likely N-dealkylation sites (N-methyl/N-ethyl adjacent to an activating group) is 1. The van der Waals surface area contributed by atoms with E-state index in [0.717, 1.165) is 57.3 Å². The maximum absolute atomic E-state index is 11.9. The molecule has 0 saturated carbocycles. The summed E-state index contributed by atoms with van der Waals surface area (Å²) in [5, 5.41) is 6.71. The first-order chi connectivity index (χ1) is 13.0. The zero-order valence-electron chi connectivity index (χ0n) is 17.2. The van der Waals surface area contributed by atoms with Gasteiger partial charge in [-0.05, 0) is 24.2 Å². The minimum atomic E-state index is 0.0201. The first-order valence-electron chi connectivity index (χ1n) is 9.73. The molecular formula is C20H34N6O. The lowest BCUT2D eigenvalue weighted by Crippen LogP contribution is -2.49. The molecule has 0 aromatic heterocycles. The average Bonchev–Trinajstić information content (AvgIpc) is 2.70. The van der Waals surface area contributed by atoms with E-state index in [-0.39, 0.29) is 5.91 Å². The first-order valence-corrected chi connectivity index (χ1v) is 9.73. The van der Waals surface area contributed by atoms with Crippen LogP contribution in [-0.4, -0.2) is 93.5 Å². The predicted octanol–water partition coefficient (Wildman–Crippen LogP) is 0.691. The van der Waals surface area contributed by atoms with Crippen molar-refractivity contribution in [3.8, 4) is 0 Å². The highest BCUT2D eigenvalue weighted by Crippen LogP contribution is 2.06. The molecule has 1 aliphatic rings. The molecule has 1 heterocycles. The summed E-state index contributed by atoms with van der Waals surface area (Å²) < 4.78 is 0. The van der Waals surface area contributed by atoms with Gasteiger partial charge in [-0.3, -0.25) is 14.7 Å². The lowest BCUT2D eigenvalue weighted by Gasteiger charge is -2.34. The van der Waals surface area contributed by atoms with Gasteiger partial charge in [-0.1, -0.05) is 19.1 Å². The maximum atomic E-state index is 11.9. The lowest BCUT2D eigenvalue weighted by molar-refractivity contribution is 0.0827. The van der Waals surface area contributed by atoms with Crippen molar-refractivity contribution in [2.24, 2.45) is 4.99 Å². The van der Waals surface area contributed by atoms with Crippen molar-refractivity contribution in [1.29, 1.82) is 0 Å². The van der Waals surface area contributed by atoms with Crippen molar-refractivity contribution in [1.82, 2.24) is 25.3 Å². The number of piperazine rings is 1. The third kappa shape index (κ3) is 6.84. The van der Waals surface area contributed by atoms with Gasteiger partial charge in [0.25, 0.3) is 5.91 Å². The van der Waals surface area contributed by atoms with Crippen molar-refractivity contribution >= 4 is 11.9 Å². The fourth-order valence-corrected chi connectivity index (χ4v) is 3.09. The van der Waals surface area contributed by atoms with Gasteiger partial charge >= 0.3 is 0 Å². The quantitative estimate of drug-likeness (QED) is 0.543. The third-order valence-electron chi connectivity index (χ3n) is 4.92. The predicted molar refractivity (Wildman–Crippen MR) is 111 cm³/mol. The molecule has 0 radical (unpaired) electrons. The largest absolute Gasteiger partial charge is 0.355 e. The second-order valence-electron chi connectivity index (χ2n) is 7.02. The normalized spacial score (nSPS) is 16.2. The molecule has 0 atom stereocenters. The van der Waals surface area contributed by atoms with Gasteiger partial charge < -0.3 is 20.4 Å². The smallest absolute Gasteiger partial charge is 0.253 e. The van der Waals surface area contributed by atoms with Crippen LogP contribution in [0.5, 0.6) is 0 Å². The Morgan fingerprint density at radius 1 is 1.07 bits per heavy atom. The van der Waals surface area contributed by atoms with Crippen LogP contribution in [0, 0.1) is 0 Å². The van der Waals surface area contributed by atoms with E-state index in [1.54, 1.807) is 26.0 Å². The van der Waals surface area contributed by atoms with Crippen LogP contribution in [0.2, 0.25) is 0 Å². The number of amides is 1. The monoisotopic (exact) mass is 374 g/mol. The molecule has 0 aliphatic carbocycles. The van der Waals surface area contributed by atoms with Crippen LogP contribution in [0.3, 0.4) is 0 Å². The van der Waals surface area contributed by atoms with Crippen LogP contribution >= 0.6 is 0 Å².